The molecular weight excluding hydrogens is 234 g/mol. The molecule has 6 heteroatoms. The van der Waals surface area contributed by atoms with Crippen molar-refractivity contribution in [1.82, 2.24) is 5.32 Å². The van der Waals surface area contributed by atoms with Gasteiger partial charge in [0.25, 0.3) is 5.91 Å². The Kier molecular flexibility index (Phi) is 3.59. The first-order chi connectivity index (χ1) is 8.67. The lowest BCUT2D eigenvalue weighted by Gasteiger charge is -2.27. The van der Waals surface area contributed by atoms with Gasteiger partial charge >= 0.3 is 0 Å². The Morgan fingerprint density at radius 3 is 3.00 bits per heavy atom. The molecule has 18 heavy (non-hydrogen) atoms. The molecule has 1 aliphatic rings. The molecule has 0 unspecified atom stereocenters. The molecule has 0 aliphatic carbocycles. The van der Waals surface area contributed by atoms with Crippen LogP contribution in [0.15, 0.2) is 18.2 Å². The molecule has 0 bridgehead atoms. The summed E-state index contributed by atoms with van der Waals surface area (Å²) < 4.78 is 5.29. The van der Waals surface area contributed by atoms with Gasteiger partial charge in [0.1, 0.15) is 5.75 Å². The van der Waals surface area contributed by atoms with Crippen LogP contribution in [0.25, 0.3) is 0 Å². The van der Waals surface area contributed by atoms with E-state index in [1.165, 1.54) is 0 Å². The van der Waals surface area contributed by atoms with Crippen molar-refractivity contribution < 1.29 is 14.3 Å². The van der Waals surface area contributed by atoms with Gasteiger partial charge in [0.15, 0.2) is 6.61 Å². The molecule has 0 saturated carbocycles. The lowest BCUT2D eigenvalue weighted by atomic mass is 10.1. The van der Waals surface area contributed by atoms with Crippen molar-refractivity contribution in [2.45, 2.75) is 6.54 Å². The van der Waals surface area contributed by atoms with E-state index in [1.807, 2.05) is 13.1 Å². The molecule has 0 radical (unpaired) electrons. The normalized spacial score (nSPS) is 14.1. The Balaban J connectivity index is 2.43. The lowest BCUT2D eigenvalue weighted by molar-refractivity contribution is -0.127. The number of hydrogen-bond acceptors (Lipinski definition) is 5. The average Bonchev–Trinajstić information content (AvgIpc) is 2.38. The van der Waals surface area contributed by atoms with Crippen LogP contribution >= 0.6 is 0 Å². The Labute approximate surface area is 105 Å². The van der Waals surface area contributed by atoms with Crippen molar-refractivity contribution in [2.24, 2.45) is 5.73 Å². The van der Waals surface area contributed by atoms with Crippen molar-refractivity contribution in [1.29, 1.82) is 0 Å². The molecule has 1 aromatic carbocycles. The van der Waals surface area contributed by atoms with E-state index in [2.05, 4.69) is 5.32 Å². The number of nitrogens with one attached hydrogen (secondary N) is 1. The first kappa shape index (κ1) is 12.5. The molecule has 2 rings (SSSR count). The molecule has 0 saturated heterocycles. The number of anilines is 1. The zero-order chi connectivity index (χ0) is 13.1. The van der Waals surface area contributed by atoms with Gasteiger partial charge in [-0.3, -0.25) is 9.59 Å². The van der Waals surface area contributed by atoms with Crippen LogP contribution in [0.4, 0.5) is 5.69 Å². The summed E-state index contributed by atoms with van der Waals surface area (Å²) in [6.07, 6.45) is 0. The lowest BCUT2D eigenvalue weighted by Crippen LogP contribution is -2.45. The summed E-state index contributed by atoms with van der Waals surface area (Å²) in [7, 11) is 1.82. The van der Waals surface area contributed by atoms with Gasteiger partial charge < -0.3 is 15.8 Å². The maximum Gasteiger partial charge on any atom is 0.271 e. The summed E-state index contributed by atoms with van der Waals surface area (Å²) in [5.74, 6) is -0.290. The van der Waals surface area contributed by atoms with Crippen LogP contribution < -0.4 is 20.7 Å². The number of nitrogens with zero attached hydrogens (tertiary/aromatic N) is 1. The number of hydrogen-bond donors (Lipinski definition) is 2. The Morgan fingerprint density at radius 2 is 2.33 bits per heavy atom. The average molecular weight is 249 g/mol. The number of fused-ring (bicyclic) bond motifs is 1. The fraction of sp³-hybridized carbons (Fsp3) is 0.333. The molecule has 1 aromatic rings. The van der Waals surface area contributed by atoms with Gasteiger partial charge in [0.2, 0.25) is 5.91 Å². The number of nitrogens with two attached hydrogens (primary N) is 1. The molecular formula is C12H15N3O3. The summed E-state index contributed by atoms with van der Waals surface area (Å²) in [6, 6.07) is 5.40. The third kappa shape index (κ3) is 2.20. The van der Waals surface area contributed by atoms with E-state index >= 15 is 0 Å². The zero-order valence-electron chi connectivity index (χ0n) is 10.1. The molecule has 3 N–H and O–H groups in total. The molecule has 0 aromatic heterocycles. The second-order valence-corrected chi connectivity index (χ2v) is 3.95. The highest BCUT2D eigenvalue weighted by molar-refractivity contribution is 6.17. The van der Waals surface area contributed by atoms with Crippen molar-refractivity contribution in [3.8, 4) is 5.75 Å². The van der Waals surface area contributed by atoms with Gasteiger partial charge in [-0.05, 0) is 24.7 Å². The molecule has 0 fully saturated rings. The quantitative estimate of drug-likeness (QED) is 0.762. The molecule has 0 atom stereocenters. The smallest absolute Gasteiger partial charge is 0.271 e. The topological polar surface area (TPSA) is 84.7 Å². The van der Waals surface area contributed by atoms with E-state index in [0.717, 1.165) is 10.5 Å². The maximum absolute atomic E-state index is 11.7. The molecule has 2 amide bonds. The van der Waals surface area contributed by atoms with Gasteiger partial charge in [0.05, 0.1) is 12.2 Å². The van der Waals surface area contributed by atoms with Crippen LogP contribution in [0.3, 0.4) is 0 Å². The number of imide groups is 1. The summed E-state index contributed by atoms with van der Waals surface area (Å²) in [5.41, 5.74) is 6.75. The zero-order valence-corrected chi connectivity index (χ0v) is 10.1. The monoisotopic (exact) mass is 249 g/mol. The van der Waals surface area contributed by atoms with E-state index in [1.54, 1.807) is 12.1 Å². The second-order valence-electron chi connectivity index (χ2n) is 3.95. The van der Waals surface area contributed by atoms with Gasteiger partial charge in [-0.25, -0.2) is 4.90 Å². The standard InChI is InChI=1S/C12H15N3O3/c1-14-6-8-2-3-10-9(4-8)15(11(16)5-13)12(17)7-18-10/h2-4,14H,5-7,13H2,1H3. The minimum absolute atomic E-state index is 0.135. The Morgan fingerprint density at radius 1 is 1.56 bits per heavy atom. The number of amides is 2. The van der Waals surface area contributed by atoms with Crippen molar-refractivity contribution in [3.05, 3.63) is 23.8 Å². The number of benzene rings is 1. The maximum atomic E-state index is 11.7. The van der Waals surface area contributed by atoms with E-state index < -0.39 is 5.91 Å². The van der Waals surface area contributed by atoms with E-state index in [-0.39, 0.29) is 19.1 Å². The summed E-state index contributed by atoms with van der Waals surface area (Å²) >= 11 is 0. The molecule has 1 heterocycles. The van der Waals surface area contributed by atoms with Crippen LogP contribution in [0, 0.1) is 0 Å². The number of carbonyl (C=O) groups excluding carboxylic acids is 2. The third-order valence-corrected chi connectivity index (χ3v) is 2.67. The molecule has 6 nitrogen and oxygen atoms in total. The summed E-state index contributed by atoms with van der Waals surface area (Å²) in [5, 5.41) is 3.01. The number of ether oxygens (including phenoxy) is 1. The number of rotatable bonds is 3. The molecule has 1 aliphatic heterocycles. The van der Waals surface area contributed by atoms with Crippen molar-refractivity contribution >= 4 is 17.5 Å². The highest BCUT2D eigenvalue weighted by atomic mass is 16.5. The van der Waals surface area contributed by atoms with Gasteiger partial charge in [-0.15, -0.1) is 0 Å². The molecule has 96 valence electrons. The van der Waals surface area contributed by atoms with Gasteiger partial charge in [-0.2, -0.15) is 0 Å². The predicted molar refractivity (Wildman–Crippen MR) is 66.2 cm³/mol. The first-order valence-corrected chi connectivity index (χ1v) is 5.63. The highest BCUT2D eigenvalue weighted by Crippen LogP contribution is 2.32. The van der Waals surface area contributed by atoms with Crippen molar-refractivity contribution in [2.75, 3.05) is 25.1 Å². The summed E-state index contributed by atoms with van der Waals surface area (Å²) in [4.78, 5) is 24.5. The van der Waals surface area contributed by atoms with Crippen LogP contribution in [-0.2, 0) is 16.1 Å². The van der Waals surface area contributed by atoms with Crippen molar-refractivity contribution in [3.63, 3.8) is 0 Å². The van der Waals surface area contributed by atoms with Gasteiger partial charge in [-0.1, -0.05) is 6.07 Å². The van der Waals surface area contributed by atoms with Gasteiger partial charge in [0, 0.05) is 6.54 Å². The molecule has 0 spiro atoms. The highest BCUT2D eigenvalue weighted by Gasteiger charge is 2.30. The fourth-order valence-corrected chi connectivity index (χ4v) is 1.88. The minimum Gasteiger partial charge on any atom is -0.482 e. The Bertz CT molecular complexity index is 487. The van der Waals surface area contributed by atoms with E-state index in [0.29, 0.717) is 18.0 Å². The summed E-state index contributed by atoms with van der Waals surface area (Å²) in [6.45, 7) is 0.303. The Hall–Kier alpha value is -1.92. The minimum atomic E-state index is -0.425. The third-order valence-electron chi connectivity index (χ3n) is 2.67. The van der Waals surface area contributed by atoms with E-state index in [9.17, 15) is 9.59 Å². The van der Waals surface area contributed by atoms with Crippen LogP contribution in [0.1, 0.15) is 5.56 Å². The van der Waals surface area contributed by atoms with E-state index in [4.69, 9.17) is 10.5 Å². The predicted octanol–water partition coefficient (Wildman–Crippen LogP) is -0.383. The van der Waals surface area contributed by atoms with Crippen LogP contribution in [-0.4, -0.2) is 32.0 Å². The van der Waals surface area contributed by atoms with Crippen LogP contribution in [0.5, 0.6) is 5.75 Å². The second kappa shape index (κ2) is 5.16. The largest absolute Gasteiger partial charge is 0.482 e. The number of carbonyl (C=O) groups is 2. The van der Waals surface area contributed by atoms with Crippen LogP contribution in [0.2, 0.25) is 0 Å². The first-order valence-electron chi connectivity index (χ1n) is 5.63. The fourth-order valence-electron chi connectivity index (χ4n) is 1.88. The SMILES string of the molecule is CNCc1ccc2c(c1)N(C(=O)CN)C(=O)CO2.